The van der Waals surface area contributed by atoms with E-state index in [1.807, 2.05) is 49.3 Å². The van der Waals surface area contributed by atoms with Crippen LogP contribution in [0.5, 0.6) is 0 Å². The number of hydrogen-bond donors (Lipinski definition) is 2. The predicted octanol–water partition coefficient (Wildman–Crippen LogP) is 3.25. The molecule has 132 valence electrons. The minimum Gasteiger partial charge on any atom is -0.351 e. The van der Waals surface area contributed by atoms with Crippen molar-refractivity contribution in [3.05, 3.63) is 53.6 Å². The van der Waals surface area contributed by atoms with E-state index in [1.165, 1.54) is 5.56 Å². The second kappa shape index (κ2) is 8.14. The van der Waals surface area contributed by atoms with Crippen molar-refractivity contribution in [2.75, 3.05) is 27.2 Å². The highest BCUT2D eigenvalue weighted by molar-refractivity contribution is 6.05. The summed E-state index contributed by atoms with van der Waals surface area (Å²) in [5.74, 6) is 0.683. The van der Waals surface area contributed by atoms with Gasteiger partial charge in [-0.15, -0.1) is 12.4 Å². The largest absolute Gasteiger partial charge is 0.351 e. The number of aryl methyl sites for hydroxylation is 1. The van der Waals surface area contributed by atoms with Crippen molar-refractivity contribution < 1.29 is 4.79 Å². The van der Waals surface area contributed by atoms with Gasteiger partial charge in [-0.3, -0.25) is 4.79 Å². The number of likely N-dealkylation sites (N-methyl/N-ethyl adjacent to an activating group) is 1. The SMILES string of the molecule is Cc1ccc(-c2nc3c(C(=O)NCCN(C)C)cccc3[nH]2)cc1.Cl. The van der Waals surface area contributed by atoms with Gasteiger partial charge in [-0.25, -0.2) is 4.98 Å². The van der Waals surface area contributed by atoms with Crippen LogP contribution in [0.3, 0.4) is 0 Å². The number of benzene rings is 2. The summed E-state index contributed by atoms with van der Waals surface area (Å²) in [6.07, 6.45) is 0. The second-order valence-electron chi connectivity index (χ2n) is 6.21. The van der Waals surface area contributed by atoms with E-state index in [0.717, 1.165) is 23.4 Å². The molecule has 6 heteroatoms. The Hall–Kier alpha value is -2.37. The first-order valence-corrected chi connectivity index (χ1v) is 8.03. The molecule has 0 saturated carbocycles. The van der Waals surface area contributed by atoms with Crippen LogP contribution >= 0.6 is 12.4 Å². The van der Waals surface area contributed by atoms with Gasteiger partial charge in [0.05, 0.1) is 11.1 Å². The standard InChI is InChI=1S/C19H22N4O.ClH/c1-13-7-9-14(10-8-13)18-21-16-6-4-5-15(17(16)22-18)19(24)20-11-12-23(2)3;/h4-10H,11-12H2,1-3H3,(H,20,24)(H,21,22);1H. The summed E-state index contributed by atoms with van der Waals surface area (Å²) in [6, 6.07) is 13.8. The molecule has 0 fully saturated rings. The van der Waals surface area contributed by atoms with Crippen LogP contribution in [0.4, 0.5) is 0 Å². The number of halogens is 1. The van der Waals surface area contributed by atoms with Crippen LogP contribution in [0, 0.1) is 6.92 Å². The van der Waals surface area contributed by atoms with Gasteiger partial charge >= 0.3 is 0 Å². The molecule has 0 bridgehead atoms. The number of rotatable bonds is 5. The van der Waals surface area contributed by atoms with Gasteiger partial charge < -0.3 is 15.2 Å². The number of nitrogens with one attached hydrogen (secondary N) is 2. The summed E-state index contributed by atoms with van der Waals surface area (Å²) in [5.41, 5.74) is 4.38. The Morgan fingerprint density at radius 2 is 1.88 bits per heavy atom. The molecule has 2 N–H and O–H groups in total. The number of para-hydroxylation sites is 1. The molecule has 0 radical (unpaired) electrons. The maximum Gasteiger partial charge on any atom is 0.253 e. The lowest BCUT2D eigenvalue weighted by molar-refractivity contribution is 0.0952. The molecule has 1 amide bonds. The quantitative estimate of drug-likeness (QED) is 0.736. The van der Waals surface area contributed by atoms with Gasteiger partial charge in [0, 0.05) is 18.7 Å². The molecule has 0 unspecified atom stereocenters. The first-order chi connectivity index (χ1) is 11.5. The van der Waals surface area contributed by atoms with Crippen molar-refractivity contribution >= 4 is 29.3 Å². The van der Waals surface area contributed by atoms with E-state index in [4.69, 9.17) is 0 Å². The number of aromatic nitrogens is 2. The first kappa shape index (κ1) is 19.0. The molecule has 0 spiro atoms. The lowest BCUT2D eigenvalue weighted by atomic mass is 10.1. The Bertz CT molecular complexity index is 855. The molecule has 1 aromatic heterocycles. The van der Waals surface area contributed by atoms with E-state index in [1.54, 1.807) is 0 Å². The molecular weight excluding hydrogens is 336 g/mol. The van der Waals surface area contributed by atoms with E-state index in [-0.39, 0.29) is 18.3 Å². The van der Waals surface area contributed by atoms with Crippen molar-refractivity contribution in [3.8, 4) is 11.4 Å². The van der Waals surface area contributed by atoms with E-state index in [9.17, 15) is 4.79 Å². The van der Waals surface area contributed by atoms with Crippen molar-refractivity contribution in [3.63, 3.8) is 0 Å². The predicted molar refractivity (Wildman–Crippen MR) is 104 cm³/mol. The Balaban J connectivity index is 0.00000225. The van der Waals surface area contributed by atoms with Crippen molar-refractivity contribution in [1.82, 2.24) is 20.2 Å². The molecule has 0 atom stereocenters. The lowest BCUT2D eigenvalue weighted by Crippen LogP contribution is -2.31. The number of H-pyrrole nitrogens is 1. The fraction of sp³-hybridized carbons (Fsp3) is 0.263. The van der Waals surface area contributed by atoms with E-state index < -0.39 is 0 Å². The highest BCUT2D eigenvalue weighted by Crippen LogP contribution is 2.23. The average Bonchev–Trinajstić information content (AvgIpc) is 2.99. The summed E-state index contributed by atoms with van der Waals surface area (Å²) >= 11 is 0. The second-order valence-corrected chi connectivity index (χ2v) is 6.21. The zero-order valence-electron chi connectivity index (χ0n) is 14.7. The van der Waals surface area contributed by atoms with E-state index in [0.29, 0.717) is 17.6 Å². The van der Waals surface area contributed by atoms with Gasteiger partial charge in [0.25, 0.3) is 5.91 Å². The minimum absolute atomic E-state index is 0. The van der Waals surface area contributed by atoms with Crippen LogP contribution < -0.4 is 5.32 Å². The van der Waals surface area contributed by atoms with Gasteiger partial charge in [-0.05, 0) is 33.2 Å². The fourth-order valence-electron chi connectivity index (χ4n) is 2.55. The Morgan fingerprint density at radius 3 is 2.56 bits per heavy atom. The number of fused-ring (bicyclic) bond motifs is 1. The smallest absolute Gasteiger partial charge is 0.253 e. The zero-order chi connectivity index (χ0) is 17.1. The Kier molecular flexibility index (Phi) is 6.17. The lowest BCUT2D eigenvalue weighted by Gasteiger charge is -2.10. The molecule has 3 aromatic rings. The van der Waals surface area contributed by atoms with Gasteiger partial charge in [0.2, 0.25) is 0 Å². The van der Waals surface area contributed by atoms with Crippen molar-refractivity contribution in [2.45, 2.75) is 6.92 Å². The summed E-state index contributed by atoms with van der Waals surface area (Å²) in [6.45, 7) is 3.47. The van der Waals surface area contributed by atoms with E-state index in [2.05, 4.69) is 34.3 Å². The molecular formula is C19H23ClN4O. The topological polar surface area (TPSA) is 61.0 Å². The molecule has 0 aliphatic heterocycles. The molecule has 25 heavy (non-hydrogen) atoms. The molecule has 2 aromatic carbocycles. The van der Waals surface area contributed by atoms with Crippen LogP contribution in [0.1, 0.15) is 15.9 Å². The Labute approximate surface area is 153 Å². The molecule has 0 aliphatic rings. The molecule has 0 aliphatic carbocycles. The summed E-state index contributed by atoms with van der Waals surface area (Å²) in [4.78, 5) is 22.4. The molecule has 3 rings (SSSR count). The van der Waals surface area contributed by atoms with Crippen LogP contribution in [0.15, 0.2) is 42.5 Å². The third-order valence-electron chi connectivity index (χ3n) is 3.93. The van der Waals surface area contributed by atoms with Crippen LogP contribution in [0.25, 0.3) is 22.4 Å². The number of amides is 1. The Morgan fingerprint density at radius 1 is 1.16 bits per heavy atom. The third kappa shape index (κ3) is 4.38. The van der Waals surface area contributed by atoms with E-state index >= 15 is 0 Å². The number of carbonyl (C=O) groups excluding carboxylic acids is 1. The van der Waals surface area contributed by atoms with Gasteiger partial charge in [0.15, 0.2) is 0 Å². The van der Waals surface area contributed by atoms with Gasteiger partial charge in [0.1, 0.15) is 11.3 Å². The maximum absolute atomic E-state index is 12.4. The van der Waals surface area contributed by atoms with Gasteiger partial charge in [-0.1, -0.05) is 35.9 Å². The number of aromatic amines is 1. The molecule has 0 saturated heterocycles. The maximum atomic E-state index is 12.4. The average molecular weight is 359 g/mol. The number of nitrogens with zero attached hydrogens (tertiary/aromatic N) is 2. The number of imidazole rings is 1. The normalized spacial score (nSPS) is 10.7. The summed E-state index contributed by atoms with van der Waals surface area (Å²) in [5, 5.41) is 2.94. The monoisotopic (exact) mass is 358 g/mol. The fourth-order valence-corrected chi connectivity index (χ4v) is 2.55. The minimum atomic E-state index is -0.0931. The highest BCUT2D eigenvalue weighted by Gasteiger charge is 2.14. The van der Waals surface area contributed by atoms with Crippen molar-refractivity contribution in [2.24, 2.45) is 0 Å². The highest BCUT2D eigenvalue weighted by atomic mass is 35.5. The zero-order valence-corrected chi connectivity index (χ0v) is 15.5. The number of hydrogen-bond acceptors (Lipinski definition) is 3. The third-order valence-corrected chi connectivity index (χ3v) is 3.93. The van der Waals surface area contributed by atoms with Crippen molar-refractivity contribution in [1.29, 1.82) is 0 Å². The van der Waals surface area contributed by atoms with Crippen LogP contribution in [-0.4, -0.2) is 48.0 Å². The van der Waals surface area contributed by atoms with Gasteiger partial charge in [-0.2, -0.15) is 0 Å². The molecule has 1 heterocycles. The summed E-state index contributed by atoms with van der Waals surface area (Å²) < 4.78 is 0. The molecule has 5 nitrogen and oxygen atoms in total. The van der Waals surface area contributed by atoms with Crippen LogP contribution in [0.2, 0.25) is 0 Å². The summed E-state index contributed by atoms with van der Waals surface area (Å²) in [7, 11) is 3.96. The first-order valence-electron chi connectivity index (χ1n) is 8.03. The number of carbonyl (C=O) groups is 1. The van der Waals surface area contributed by atoms with Crippen LogP contribution in [-0.2, 0) is 0 Å².